The van der Waals surface area contributed by atoms with Crippen molar-refractivity contribution in [3.05, 3.63) is 32.2 Å². The van der Waals surface area contributed by atoms with Crippen molar-refractivity contribution in [1.82, 2.24) is 0 Å². The molecule has 0 bridgehead atoms. The zero-order valence-corrected chi connectivity index (χ0v) is 8.37. The molecule has 0 fully saturated rings. The highest BCUT2D eigenvalue weighted by atomic mass is 79.9. The summed E-state index contributed by atoms with van der Waals surface area (Å²) in [4.78, 5) is 10.4. The van der Waals surface area contributed by atoms with Gasteiger partial charge < -0.3 is 0 Å². The van der Waals surface area contributed by atoms with Crippen molar-refractivity contribution in [2.75, 3.05) is 0 Å². The van der Waals surface area contributed by atoms with Gasteiger partial charge in [0.2, 0.25) is 0 Å². The Labute approximate surface area is 82.4 Å². The van der Waals surface area contributed by atoms with Crippen LogP contribution in [-0.4, -0.2) is 6.29 Å². The van der Waals surface area contributed by atoms with Crippen LogP contribution in [0.4, 0.5) is 0 Å². The number of hydrogen-bond acceptors (Lipinski definition) is 1. The summed E-state index contributed by atoms with van der Waals surface area (Å²) in [5.41, 5.74) is 0.427. The van der Waals surface area contributed by atoms with Crippen LogP contribution in [0.3, 0.4) is 0 Å². The maximum Gasteiger partial charge on any atom is 0.152 e. The molecule has 0 aliphatic rings. The first kappa shape index (κ1) is 9.04. The summed E-state index contributed by atoms with van der Waals surface area (Å²) in [5.74, 6) is 0. The van der Waals surface area contributed by atoms with Crippen LogP contribution in [0, 0.1) is 0 Å². The maximum atomic E-state index is 10.4. The van der Waals surface area contributed by atoms with Crippen LogP contribution in [0.15, 0.2) is 16.6 Å². The second kappa shape index (κ2) is 3.57. The van der Waals surface area contributed by atoms with Gasteiger partial charge in [-0.3, -0.25) is 4.79 Å². The van der Waals surface area contributed by atoms with Crippen molar-refractivity contribution >= 4 is 45.4 Å². The summed E-state index contributed by atoms with van der Waals surface area (Å²) < 4.78 is 0.616. The quantitative estimate of drug-likeness (QED) is 0.700. The molecule has 11 heavy (non-hydrogen) atoms. The van der Waals surface area contributed by atoms with E-state index in [0.29, 0.717) is 26.4 Å². The SMILES string of the molecule is O=Cc1c(Cl)cc(Cl)cc1Br. The van der Waals surface area contributed by atoms with E-state index in [1.165, 1.54) is 6.07 Å². The van der Waals surface area contributed by atoms with Crippen molar-refractivity contribution in [3.63, 3.8) is 0 Å². The van der Waals surface area contributed by atoms with Crippen LogP contribution >= 0.6 is 39.1 Å². The highest BCUT2D eigenvalue weighted by Crippen LogP contribution is 2.27. The molecular weight excluding hydrogens is 251 g/mol. The third kappa shape index (κ3) is 1.95. The van der Waals surface area contributed by atoms with Gasteiger partial charge in [-0.05, 0) is 28.1 Å². The monoisotopic (exact) mass is 252 g/mol. The van der Waals surface area contributed by atoms with Crippen molar-refractivity contribution in [2.45, 2.75) is 0 Å². The zero-order chi connectivity index (χ0) is 8.43. The Morgan fingerprint density at radius 2 is 2.00 bits per heavy atom. The van der Waals surface area contributed by atoms with Gasteiger partial charge in [-0.15, -0.1) is 0 Å². The Balaban J connectivity index is 3.36. The molecule has 1 rings (SSSR count). The van der Waals surface area contributed by atoms with Crippen LogP contribution in [0.5, 0.6) is 0 Å². The molecule has 1 aromatic carbocycles. The number of carbonyl (C=O) groups is 1. The number of carbonyl (C=O) groups excluding carboxylic acids is 1. The third-order valence-electron chi connectivity index (χ3n) is 1.16. The molecule has 0 aromatic heterocycles. The molecule has 0 N–H and O–H groups in total. The van der Waals surface area contributed by atoms with Gasteiger partial charge in [0.05, 0.1) is 5.02 Å². The van der Waals surface area contributed by atoms with E-state index in [1.807, 2.05) is 0 Å². The lowest BCUT2D eigenvalue weighted by Crippen LogP contribution is -1.83. The van der Waals surface area contributed by atoms with Gasteiger partial charge in [0, 0.05) is 15.1 Å². The number of aldehydes is 1. The third-order valence-corrected chi connectivity index (χ3v) is 2.35. The molecule has 1 nitrogen and oxygen atoms in total. The van der Waals surface area contributed by atoms with E-state index in [9.17, 15) is 4.79 Å². The molecule has 0 aliphatic carbocycles. The number of benzene rings is 1. The van der Waals surface area contributed by atoms with Crippen LogP contribution < -0.4 is 0 Å². The molecule has 0 aliphatic heterocycles. The molecule has 0 spiro atoms. The molecule has 0 saturated carbocycles. The summed E-state index contributed by atoms with van der Waals surface area (Å²) in [5, 5.41) is 0.867. The fourth-order valence-electron chi connectivity index (χ4n) is 0.666. The average Bonchev–Trinajstić information content (AvgIpc) is 1.85. The Morgan fingerprint density at radius 1 is 1.36 bits per heavy atom. The van der Waals surface area contributed by atoms with E-state index in [0.717, 1.165) is 0 Å². The van der Waals surface area contributed by atoms with Crippen molar-refractivity contribution < 1.29 is 4.79 Å². The van der Waals surface area contributed by atoms with Gasteiger partial charge in [0.15, 0.2) is 6.29 Å². The van der Waals surface area contributed by atoms with Gasteiger partial charge in [-0.1, -0.05) is 23.2 Å². The minimum Gasteiger partial charge on any atom is -0.298 e. The van der Waals surface area contributed by atoms with Crippen molar-refractivity contribution in [3.8, 4) is 0 Å². The molecule has 58 valence electrons. The zero-order valence-electron chi connectivity index (χ0n) is 5.27. The smallest absolute Gasteiger partial charge is 0.152 e. The molecule has 0 heterocycles. The summed E-state index contributed by atoms with van der Waals surface area (Å²) in [7, 11) is 0. The Kier molecular flexibility index (Phi) is 2.93. The molecule has 0 radical (unpaired) electrons. The van der Waals surface area contributed by atoms with Gasteiger partial charge in [0.25, 0.3) is 0 Å². The molecule has 0 atom stereocenters. The van der Waals surface area contributed by atoms with E-state index in [1.54, 1.807) is 6.07 Å². The van der Waals surface area contributed by atoms with Gasteiger partial charge in [-0.25, -0.2) is 0 Å². The van der Waals surface area contributed by atoms with Crippen molar-refractivity contribution in [2.24, 2.45) is 0 Å². The minimum absolute atomic E-state index is 0.361. The van der Waals surface area contributed by atoms with Gasteiger partial charge in [-0.2, -0.15) is 0 Å². The molecular formula is C7H3BrCl2O. The molecule has 0 unspecified atom stereocenters. The molecule has 0 amide bonds. The van der Waals surface area contributed by atoms with Gasteiger partial charge in [0.1, 0.15) is 0 Å². The van der Waals surface area contributed by atoms with E-state index < -0.39 is 0 Å². The van der Waals surface area contributed by atoms with Crippen LogP contribution in [0.2, 0.25) is 10.0 Å². The summed E-state index contributed by atoms with van der Waals surface area (Å²) >= 11 is 14.5. The Hall–Kier alpha value is -0.0500. The largest absolute Gasteiger partial charge is 0.298 e. The highest BCUT2D eigenvalue weighted by molar-refractivity contribution is 9.10. The standard InChI is InChI=1S/C7H3BrCl2O/c8-6-1-4(9)2-7(10)5(6)3-11/h1-3H. The van der Waals surface area contributed by atoms with E-state index in [4.69, 9.17) is 23.2 Å². The van der Waals surface area contributed by atoms with Crippen LogP contribution in [0.25, 0.3) is 0 Å². The van der Waals surface area contributed by atoms with E-state index in [-0.39, 0.29) is 0 Å². The fraction of sp³-hybridized carbons (Fsp3) is 0. The predicted molar refractivity (Wildman–Crippen MR) is 49.5 cm³/mol. The first-order valence-electron chi connectivity index (χ1n) is 2.75. The highest BCUT2D eigenvalue weighted by Gasteiger charge is 2.04. The summed E-state index contributed by atoms with van der Waals surface area (Å²) in [6.45, 7) is 0. The van der Waals surface area contributed by atoms with E-state index in [2.05, 4.69) is 15.9 Å². The summed E-state index contributed by atoms with van der Waals surface area (Å²) in [6, 6.07) is 3.15. The lowest BCUT2D eigenvalue weighted by molar-refractivity contribution is 0.112. The first-order chi connectivity index (χ1) is 5.15. The molecule has 4 heteroatoms. The second-order valence-corrected chi connectivity index (χ2v) is 3.60. The van der Waals surface area contributed by atoms with Gasteiger partial charge >= 0.3 is 0 Å². The topological polar surface area (TPSA) is 17.1 Å². The molecule has 0 saturated heterocycles. The van der Waals surface area contributed by atoms with E-state index >= 15 is 0 Å². The Bertz CT molecular complexity index is 275. The van der Waals surface area contributed by atoms with Crippen LogP contribution in [0.1, 0.15) is 10.4 Å². The average molecular weight is 254 g/mol. The Morgan fingerprint density at radius 3 is 2.45 bits per heavy atom. The maximum absolute atomic E-state index is 10.4. The van der Waals surface area contributed by atoms with Crippen LogP contribution in [-0.2, 0) is 0 Å². The number of halogens is 3. The fourth-order valence-corrected chi connectivity index (χ4v) is 2.00. The number of rotatable bonds is 1. The lowest BCUT2D eigenvalue weighted by Gasteiger charge is -1.99. The lowest BCUT2D eigenvalue weighted by atomic mass is 10.2. The summed E-state index contributed by atoms with van der Waals surface area (Å²) in [6.07, 6.45) is 0.683. The number of hydrogen-bond donors (Lipinski definition) is 0. The minimum atomic E-state index is 0.361. The van der Waals surface area contributed by atoms with Crippen molar-refractivity contribution in [1.29, 1.82) is 0 Å². The molecule has 1 aromatic rings. The predicted octanol–water partition coefficient (Wildman–Crippen LogP) is 3.57. The second-order valence-electron chi connectivity index (χ2n) is 1.90. The first-order valence-corrected chi connectivity index (χ1v) is 4.29. The normalized spacial score (nSPS) is 9.73.